The molecule has 1 saturated heterocycles. The highest BCUT2D eigenvalue weighted by Gasteiger charge is 2.35. The lowest BCUT2D eigenvalue weighted by Crippen LogP contribution is -2.46. The Hall–Kier alpha value is -3.31. The van der Waals surface area contributed by atoms with E-state index in [-0.39, 0.29) is 46.6 Å². The number of aromatic hydroxyl groups is 1. The van der Waals surface area contributed by atoms with Crippen molar-refractivity contribution < 1.29 is 27.8 Å². The van der Waals surface area contributed by atoms with Gasteiger partial charge in [0.2, 0.25) is 11.8 Å². The fourth-order valence-corrected chi connectivity index (χ4v) is 4.42. The van der Waals surface area contributed by atoms with E-state index in [1.165, 1.54) is 24.3 Å². The number of aromatic nitrogens is 1. The first-order valence-corrected chi connectivity index (χ1v) is 11.4. The fourth-order valence-electron chi connectivity index (χ4n) is 3.66. The number of aromatic amines is 1. The minimum atomic E-state index is -4.67. The number of nitrogens with one attached hydrogen (secondary N) is 2. The summed E-state index contributed by atoms with van der Waals surface area (Å²) >= 11 is 0.740. The maximum Gasteiger partial charge on any atom is 0.419 e. The summed E-state index contributed by atoms with van der Waals surface area (Å²) in [7, 11) is 0. The molecule has 2 aromatic carbocycles. The number of H-pyrrole nitrogens is 1. The molecule has 0 atom stereocenters. The average molecular weight is 494 g/mol. The van der Waals surface area contributed by atoms with Gasteiger partial charge in [0.05, 0.1) is 16.9 Å². The summed E-state index contributed by atoms with van der Waals surface area (Å²) in [5.74, 6) is -0.506. The van der Waals surface area contributed by atoms with Crippen molar-refractivity contribution in [2.75, 3.05) is 26.2 Å². The summed E-state index contributed by atoms with van der Waals surface area (Å²) < 4.78 is 46.6. The Kier molecular flexibility index (Phi) is 6.94. The number of amides is 1. The lowest BCUT2D eigenvalue weighted by atomic mass is 10.1. The minimum absolute atomic E-state index is 0.00333. The maximum absolute atomic E-state index is 13.7. The van der Waals surface area contributed by atoms with Crippen LogP contribution in [0.5, 0.6) is 17.4 Å². The van der Waals surface area contributed by atoms with Gasteiger partial charge in [0, 0.05) is 32.6 Å². The van der Waals surface area contributed by atoms with Crippen molar-refractivity contribution in [1.82, 2.24) is 15.2 Å². The fraction of sp³-hybridized carbons (Fsp3) is 0.304. The highest BCUT2D eigenvalue weighted by Crippen LogP contribution is 2.39. The number of thiazole rings is 1. The Balaban J connectivity index is 1.48. The van der Waals surface area contributed by atoms with Crippen LogP contribution >= 0.6 is 11.3 Å². The van der Waals surface area contributed by atoms with E-state index in [2.05, 4.69) is 10.3 Å². The molecule has 0 bridgehead atoms. The van der Waals surface area contributed by atoms with Gasteiger partial charge in [0.15, 0.2) is 0 Å². The Labute approximate surface area is 196 Å². The number of benzene rings is 2. The van der Waals surface area contributed by atoms with Crippen LogP contribution in [0.3, 0.4) is 0 Å². The van der Waals surface area contributed by atoms with Crippen molar-refractivity contribution in [2.45, 2.75) is 19.0 Å². The van der Waals surface area contributed by atoms with Crippen LogP contribution < -0.4 is 14.9 Å². The monoisotopic (exact) mass is 493 g/mol. The van der Waals surface area contributed by atoms with Crippen molar-refractivity contribution in [2.24, 2.45) is 0 Å². The molecular weight excluding hydrogens is 471 g/mol. The van der Waals surface area contributed by atoms with E-state index in [4.69, 9.17) is 4.74 Å². The molecule has 34 heavy (non-hydrogen) atoms. The second-order valence-corrected chi connectivity index (χ2v) is 8.91. The van der Waals surface area contributed by atoms with Crippen molar-refractivity contribution in [3.63, 3.8) is 0 Å². The van der Waals surface area contributed by atoms with E-state index >= 15 is 0 Å². The van der Waals surface area contributed by atoms with E-state index in [0.29, 0.717) is 13.1 Å². The number of rotatable bonds is 6. The zero-order valence-corrected chi connectivity index (χ0v) is 18.8. The molecule has 11 heteroatoms. The normalized spacial score (nSPS) is 14.3. The van der Waals surface area contributed by atoms with Gasteiger partial charge in [-0.2, -0.15) is 13.2 Å². The van der Waals surface area contributed by atoms with Crippen LogP contribution in [0.25, 0.3) is 0 Å². The van der Waals surface area contributed by atoms with Gasteiger partial charge < -0.3 is 20.1 Å². The van der Waals surface area contributed by atoms with Gasteiger partial charge in [-0.15, -0.1) is 0 Å². The SMILES string of the molecule is O=C(Cc1ccc(Oc2ccc(Cc3sc(=O)[nH]c3O)cc2C(F)(F)F)cc1)N1CCNCC1. The van der Waals surface area contributed by atoms with E-state index in [9.17, 15) is 27.9 Å². The van der Waals surface area contributed by atoms with Gasteiger partial charge in [0.25, 0.3) is 0 Å². The Morgan fingerprint density at radius 1 is 1.09 bits per heavy atom. The Morgan fingerprint density at radius 3 is 2.38 bits per heavy atom. The smallest absolute Gasteiger partial charge is 0.419 e. The molecule has 3 aromatic rings. The molecule has 180 valence electrons. The van der Waals surface area contributed by atoms with Crippen molar-refractivity contribution in [1.29, 1.82) is 0 Å². The standard InChI is InChI=1S/C23H22F3N3O4S/c24-23(25,26)17-11-15(12-19-21(31)28-22(32)34-19)3-6-18(17)33-16-4-1-14(2-5-16)13-20(30)29-9-7-27-8-10-29/h1-6,11,27,31H,7-10,12-13H2,(H,28,32). The topological polar surface area (TPSA) is 94.7 Å². The molecule has 1 aliphatic rings. The number of hydrogen-bond acceptors (Lipinski definition) is 6. The summed E-state index contributed by atoms with van der Waals surface area (Å²) in [5.41, 5.74) is 0.0462. The predicted molar refractivity (Wildman–Crippen MR) is 121 cm³/mol. The number of hydrogen-bond donors (Lipinski definition) is 3. The van der Waals surface area contributed by atoms with Crippen LogP contribution in [0.1, 0.15) is 21.6 Å². The zero-order valence-electron chi connectivity index (χ0n) is 17.9. The highest BCUT2D eigenvalue weighted by molar-refractivity contribution is 7.09. The van der Waals surface area contributed by atoms with Crippen LogP contribution in [-0.2, 0) is 23.8 Å². The predicted octanol–water partition coefficient (Wildman–Crippen LogP) is 3.52. The van der Waals surface area contributed by atoms with Gasteiger partial charge in [-0.1, -0.05) is 29.5 Å². The summed E-state index contributed by atoms with van der Waals surface area (Å²) in [6, 6.07) is 10.00. The molecule has 0 aliphatic carbocycles. The minimum Gasteiger partial charge on any atom is -0.494 e. The highest BCUT2D eigenvalue weighted by atomic mass is 32.1. The van der Waals surface area contributed by atoms with Crippen molar-refractivity contribution in [3.8, 4) is 17.4 Å². The third-order valence-electron chi connectivity index (χ3n) is 5.39. The Bertz CT molecular complexity index is 1220. The molecule has 1 aliphatic heterocycles. The average Bonchev–Trinajstić information content (AvgIpc) is 3.12. The number of piperazine rings is 1. The summed E-state index contributed by atoms with van der Waals surface area (Å²) in [6.07, 6.45) is -4.50. The number of carbonyl (C=O) groups excluding carboxylic acids is 1. The summed E-state index contributed by atoms with van der Waals surface area (Å²) in [4.78, 5) is 27.5. The summed E-state index contributed by atoms with van der Waals surface area (Å²) in [5, 5.41) is 12.9. The van der Waals surface area contributed by atoms with Crippen molar-refractivity contribution in [3.05, 3.63) is 73.7 Å². The summed E-state index contributed by atoms with van der Waals surface area (Å²) in [6.45, 7) is 2.81. The first-order valence-electron chi connectivity index (χ1n) is 10.6. The molecule has 1 amide bonds. The quantitative estimate of drug-likeness (QED) is 0.489. The lowest BCUT2D eigenvalue weighted by Gasteiger charge is -2.27. The van der Waals surface area contributed by atoms with Crippen LogP contribution in [0.4, 0.5) is 13.2 Å². The number of alkyl halides is 3. The van der Waals surface area contributed by atoms with Crippen molar-refractivity contribution >= 4 is 17.2 Å². The molecule has 7 nitrogen and oxygen atoms in total. The second kappa shape index (κ2) is 9.90. The van der Waals surface area contributed by atoms with E-state index in [1.807, 2.05) is 0 Å². The largest absolute Gasteiger partial charge is 0.494 e. The number of halogens is 3. The van der Waals surface area contributed by atoms with Crippen LogP contribution in [-0.4, -0.2) is 47.1 Å². The second-order valence-electron chi connectivity index (χ2n) is 7.84. The first kappa shape index (κ1) is 23.8. The number of nitrogens with zero attached hydrogens (tertiary/aromatic N) is 1. The van der Waals surface area contributed by atoms with Crippen LogP contribution in [0.15, 0.2) is 47.3 Å². The van der Waals surface area contributed by atoms with E-state index < -0.39 is 16.6 Å². The lowest BCUT2D eigenvalue weighted by molar-refractivity contribution is -0.138. The van der Waals surface area contributed by atoms with Crippen LogP contribution in [0.2, 0.25) is 0 Å². The number of carbonyl (C=O) groups is 1. The third-order valence-corrected chi connectivity index (χ3v) is 6.26. The molecule has 1 fully saturated rings. The van der Waals surface area contributed by atoms with Gasteiger partial charge >= 0.3 is 11.0 Å². The zero-order chi connectivity index (χ0) is 24.3. The molecular formula is C23H22F3N3O4S. The van der Waals surface area contributed by atoms with Gasteiger partial charge in [0.1, 0.15) is 11.5 Å². The van der Waals surface area contributed by atoms with E-state index in [1.54, 1.807) is 17.0 Å². The Morgan fingerprint density at radius 2 is 1.76 bits per heavy atom. The number of ether oxygens (including phenoxy) is 1. The maximum atomic E-state index is 13.7. The molecule has 0 radical (unpaired) electrons. The molecule has 1 aromatic heterocycles. The molecule has 2 heterocycles. The van der Waals surface area contributed by atoms with Gasteiger partial charge in [-0.25, -0.2) is 0 Å². The van der Waals surface area contributed by atoms with Gasteiger partial charge in [-0.05, 0) is 35.4 Å². The molecule has 0 spiro atoms. The molecule has 0 unspecified atom stereocenters. The molecule has 4 rings (SSSR count). The van der Waals surface area contributed by atoms with E-state index in [0.717, 1.165) is 36.1 Å². The van der Waals surface area contributed by atoms with Gasteiger partial charge in [-0.3, -0.25) is 14.6 Å². The van der Waals surface area contributed by atoms with Crippen LogP contribution in [0, 0.1) is 0 Å². The third kappa shape index (κ3) is 5.78. The first-order chi connectivity index (χ1) is 16.2. The molecule has 0 saturated carbocycles. The molecule has 3 N–H and O–H groups in total.